The molecule has 0 spiro atoms. The molecule has 1 aliphatic heterocycles. The highest BCUT2D eigenvalue weighted by atomic mass is 19.1. The number of carbonyl (C=O) groups excluding carboxylic acids is 1. The van der Waals surface area contributed by atoms with E-state index < -0.39 is 17.6 Å². The van der Waals surface area contributed by atoms with E-state index in [0.717, 1.165) is 12.8 Å². The number of nitrogens with zero attached hydrogens (tertiary/aromatic N) is 1. The molecule has 5 nitrogen and oxygen atoms in total. The van der Waals surface area contributed by atoms with Gasteiger partial charge in [0.05, 0.1) is 5.41 Å². The van der Waals surface area contributed by atoms with Crippen molar-refractivity contribution in [3.05, 3.63) is 0 Å². The van der Waals surface area contributed by atoms with E-state index in [1.165, 1.54) is 0 Å². The molecule has 2 N–H and O–H groups in total. The number of halogens is 1. The largest absolute Gasteiger partial charge is 0.481 e. The first-order valence-corrected chi connectivity index (χ1v) is 8.25. The third kappa shape index (κ3) is 3.90. The van der Waals surface area contributed by atoms with Crippen LogP contribution in [0.3, 0.4) is 0 Å². The molecule has 0 aromatic carbocycles. The van der Waals surface area contributed by atoms with Gasteiger partial charge in [0.15, 0.2) is 0 Å². The van der Waals surface area contributed by atoms with Gasteiger partial charge in [0.2, 0.25) is 0 Å². The van der Waals surface area contributed by atoms with Crippen molar-refractivity contribution >= 4 is 12.0 Å². The number of carboxylic acids is 1. The minimum atomic E-state index is -0.788. The molecule has 126 valence electrons. The number of amides is 2. The Morgan fingerprint density at radius 2 is 1.77 bits per heavy atom. The molecule has 0 bridgehead atoms. The van der Waals surface area contributed by atoms with Gasteiger partial charge in [-0.05, 0) is 58.3 Å². The molecular weight excluding hydrogens is 287 g/mol. The zero-order valence-corrected chi connectivity index (χ0v) is 13.5. The fraction of sp³-hybridized carbons (Fsp3) is 0.875. The number of piperidine rings is 1. The molecule has 6 heteroatoms. The topological polar surface area (TPSA) is 69.6 Å². The van der Waals surface area contributed by atoms with E-state index in [1.54, 1.807) is 11.8 Å². The molecule has 0 radical (unpaired) electrons. The van der Waals surface area contributed by atoms with Crippen LogP contribution in [0.15, 0.2) is 0 Å². The number of carboxylic acid groups (broad SMARTS) is 1. The number of hydrogen-bond acceptors (Lipinski definition) is 2. The van der Waals surface area contributed by atoms with Crippen molar-refractivity contribution in [2.24, 2.45) is 11.3 Å². The summed E-state index contributed by atoms with van der Waals surface area (Å²) >= 11 is 0. The van der Waals surface area contributed by atoms with Crippen LogP contribution in [0.25, 0.3) is 0 Å². The molecule has 2 amide bonds. The monoisotopic (exact) mass is 314 g/mol. The number of nitrogens with one attached hydrogen (secondary N) is 1. The van der Waals surface area contributed by atoms with Gasteiger partial charge in [-0.3, -0.25) is 4.79 Å². The van der Waals surface area contributed by atoms with E-state index in [1.807, 2.05) is 6.92 Å². The highest BCUT2D eigenvalue weighted by molar-refractivity contribution is 5.77. The van der Waals surface area contributed by atoms with E-state index in [0.29, 0.717) is 44.7 Å². The van der Waals surface area contributed by atoms with Crippen molar-refractivity contribution in [3.63, 3.8) is 0 Å². The average molecular weight is 314 g/mol. The van der Waals surface area contributed by atoms with Gasteiger partial charge in [-0.1, -0.05) is 0 Å². The molecule has 2 aliphatic rings. The van der Waals surface area contributed by atoms with Crippen LogP contribution in [-0.2, 0) is 4.79 Å². The summed E-state index contributed by atoms with van der Waals surface area (Å²) in [4.78, 5) is 25.2. The summed E-state index contributed by atoms with van der Waals surface area (Å²) in [5, 5.41) is 12.2. The lowest BCUT2D eigenvalue weighted by Gasteiger charge is -2.38. The maximum absolute atomic E-state index is 13.2. The molecule has 1 saturated heterocycles. The molecule has 1 aliphatic carbocycles. The van der Waals surface area contributed by atoms with Crippen LogP contribution in [0.5, 0.6) is 0 Å². The van der Waals surface area contributed by atoms with E-state index in [4.69, 9.17) is 0 Å². The smallest absolute Gasteiger partial charge is 0.317 e. The van der Waals surface area contributed by atoms with Crippen molar-refractivity contribution in [1.82, 2.24) is 10.2 Å². The Labute approximate surface area is 131 Å². The summed E-state index contributed by atoms with van der Waals surface area (Å²) in [6, 6.07) is -0.0879. The highest BCUT2D eigenvalue weighted by Gasteiger charge is 2.38. The summed E-state index contributed by atoms with van der Waals surface area (Å²) in [6.45, 7) is 4.66. The summed E-state index contributed by atoms with van der Waals surface area (Å²) in [6.07, 6.45) is 3.10. The van der Waals surface area contributed by atoms with Crippen molar-refractivity contribution in [3.8, 4) is 0 Å². The van der Waals surface area contributed by atoms with E-state index in [2.05, 4.69) is 5.32 Å². The lowest BCUT2D eigenvalue weighted by Crippen LogP contribution is -2.51. The van der Waals surface area contributed by atoms with Crippen LogP contribution in [0.1, 0.15) is 52.4 Å². The van der Waals surface area contributed by atoms with Crippen LogP contribution in [0, 0.1) is 11.3 Å². The fourth-order valence-electron chi connectivity index (χ4n) is 3.40. The van der Waals surface area contributed by atoms with E-state index >= 15 is 0 Å². The number of alkyl halides is 1. The number of urea groups is 1. The molecule has 22 heavy (non-hydrogen) atoms. The Balaban J connectivity index is 1.79. The van der Waals surface area contributed by atoms with E-state index in [9.17, 15) is 19.1 Å². The maximum atomic E-state index is 13.2. The third-order valence-corrected chi connectivity index (χ3v) is 5.43. The second-order valence-corrected chi connectivity index (χ2v) is 7.10. The Morgan fingerprint density at radius 3 is 2.27 bits per heavy atom. The summed E-state index contributed by atoms with van der Waals surface area (Å²) < 4.78 is 13.2. The summed E-state index contributed by atoms with van der Waals surface area (Å²) in [5.74, 6) is -0.450. The van der Waals surface area contributed by atoms with Gasteiger partial charge in [0.25, 0.3) is 0 Å². The number of likely N-dealkylation sites (tertiary alicyclic amines) is 1. The molecule has 1 atom stereocenters. The lowest BCUT2D eigenvalue weighted by atomic mass is 9.80. The predicted molar refractivity (Wildman–Crippen MR) is 81.4 cm³/mol. The lowest BCUT2D eigenvalue weighted by molar-refractivity contribution is -0.150. The van der Waals surface area contributed by atoms with Crippen LogP contribution >= 0.6 is 0 Å². The zero-order valence-electron chi connectivity index (χ0n) is 13.5. The molecule has 2 rings (SSSR count). The van der Waals surface area contributed by atoms with Gasteiger partial charge >= 0.3 is 12.0 Å². The summed E-state index contributed by atoms with van der Waals surface area (Å²) in [5.41, 5.74) is -0.720. The standard InChI is InChI=1S/C16H27FN2O3/c1-11(12-3-5-13(17)6-4-12)18-15(22)19-9-7-16(2,8-10-19)14(20)21/h11-13H,3-10H2,1-2H3,(H,18,22)(H,20,21). The third-order valence-electron chi connectivity index (χ3n) is 5.43. The number of aliphatic carboxylic acids is 1. The molecular formula is C16H27FN2O3. The minimum Gasteiger partial charge on any atom is -0.481 e. The Kier molecular flexibility index (Phi) is 5.29. The molecule has 0 aromatic heterocycles. The summed E-state index contributed by atoms with van der Waals surface area (Å²) in [7, 11) is 0. The van der Waals surface area contributed by atoms with Crippen molar-refractivity contribution < 1.29 is 19.1 Å². The minimum absolute atomic E-state index is 0.0350. The highest BCUT2D eigenvalue weighted by Crippen LogP contribution is 2.31. The van der Waals surface area contributed by atoms with Gasteiger partial charge < -0.3 is 15.3 Å². The van der Waals surface area contributed by atoms with Crippen molar-refractivity contribution in [1.29, 1.82) is 0 Å². The van der Waals surface area contributed by atoms with E-state index in [-0.39, 0.29) is 12.1 Å². The average Bonchev–Trinajstić information content (AvgIpc) is 2.48. The van der Waals surface area contributed by atoms with Gasteiger partial charge in [-0.25, -0.2) is 9.18 Å². The quantitative estimate of drug-likeness (QED) is 0.841. The van der Waals surface area contributed by atoms with Crippen LogP contribution in [0.2, 0.25) is 0 Å². The predicted octanol–water partition coefficient (Wildman–Crippen LogP) is 2.80. The first-order chi connectivity index (χ1) is 10.3. The molecule has 1 unspecified atom stereocenters. The number of rotatable bonds is 3. The second-order valence-electron chi connectivity index (χ2n) is 7.10. The first-order valence-electron chi connectivity index (χ1n) is 8.25. The normalized spacial score (nSPS) is 29.7. The van der Waals surface area contributed by atoms with Gasteiger partial charge in [0.1, 0.15) is 6.17 Å². The number of hydrogen-bond donors (Lipinski definition) is 2. The molecule has 1 heterocycles. The van der Waals surface area contributed by atoms with Crippen LogP contribution in [-0.4, -0.2) is 47.3 Å². The van der Waals surface area contributed by atoms with Gasteiger partial charge in [-0.15, -0.1) is 0 Å². The van der Waals surface area contributed by atoms with Crippen molar-refractivity contribution in [2.75, 3.05) is 13.1 Å². The zero-order chi connectivity index (χ0) is 16.3. The van der Waals surface area contributed by atoms with Gasteiger partial charge in [-0.2, -0.15) is 0 Å². The molecule has 2 fully saturated rings. The van der Waals surface area contributed by atoms with Crippen LogP contribution < -0.4 is 5.32 Å². The molecule has 0 aromatic rings. The van der Waals surface area contributed by atoms with Gasteiger partial charge in [0, 0.05) is 19.1 Å². The fourth-order valence-corrected chi connectivity index (χ4v) is 3.40. The maximum Gasteiger partial charge on any atom is 0.317 e. The van der Waals surface area contributed by atoms with Crippen LogP contribution in [0.4, 0.5) is 9.18 Å². The number of carbonyl (C=O) groups is 2. The first kappa shape index (κ1) is 17.0. The second kappa shape index (κ2) is 6.84. The Bertz CT molecular complexity index is 414. The SMILES string of the molecule is CC(NC(=O)N1CCC(C)(C(=O)O)CC1)C1CCC(F)CC1. The van der Waals surface area contributed by atoms with Crippen molar-refractivity contribution in [2.45, 2.75) is 64.6 Å². The molecule has 1 saturated carbocycles. The Morgan fingerprint density at radius 1 is 1.23 bits per heavy atom. The Hall–Kier alpha value is -1.33.